The molecule has 1 aromatic heterocycles. The lowest BCUT2D eigenvalue weighted by Crippen LogP contribution is -2.35. The van der Waals surface area contributed by atoms with Crippen LogP contribution in [0.15, 0.2) is 29.0 Å². The first-order valence-electron chi connectivity index (χ1n) is 6.72. The van der Waals surface area contributed by atoms with Gasteiger partial charge in [0.2, 0.25) is 0 Å². The number of hydrogen-bond donors (Lipinski definition) is 1. The zero-order chi connectivity index (χ0) is 15.5. The van der Waals surface area contributed by atoms with E-state index in [9.17, 15) is 0 Å². The standard InChI is InChI=1S/C16H19Cl2NOS/c1-16(2,3)19-8-12-6-13(17)7-14(18)15(12)20-9-11-4-5-21-10-11/h4-7,10,19H,8-9H2,1-3H3. The summed E-state index contributed by atoms with van der Waals surface area (Å²) in [4.78, 5) is 0. The third kappa shape index (κ3) is 5.19. The summed E-state index contributed by atoms with van der Waals surface area (Å²) in [6, 6.07) is 5.66. The highest BCUT2D eigenvalue weighted by molar-refractivity contribution is 7.07. The molecule has 0 amide bonds. The van der Waals surface area contributed by atoms with Crippen LogP contribution in [0.25, 0.3) is 0 Å². The van der Waals surface area contributed by atoms with Gasteiger partial charge >= 0.3 is 0 Å². The second-order valence-electron chi connectivity index (χ2n) is 5.90. The SMILES string of the molecule is CC(C)(C)NCc1cc(Cl)cc(Cl)c1OCc1ccsc1. The van der Waals surface area contributed by atoms with E-state index in [2.05, 4.69) is 31.5 Å². The first kappa shape index (κ1) is 16.6. The van der Waals surface area contributed by atoms with E-state index < -0.39 is 0 Å². The van der Waals surface area contributed by atoms with E-state index in [1.165, 1.54) is 0 Å². The Labute approximate surface area is 140 Å². The van der Waals surface area contributed by atoms with Gasteiger partial charge in [0.25, 0.3) is 0 Å². The molecule has 0 saturated heterocycles. The minimum atomic E-state index is 0.0133. The maximum atomic E-state index is 6.29. The molecule has 2 rings (SSSR count). The number of rotatable bonds is 5. The van der Waals surface area contributed by atoms with E-state index in [1.807, 2.05) is 17.5 Å². The van der Waals surface area contributed by atoms with E-state index >= 15 is 0 Å². The number of nitrogens with one attached hydrogen (secondary N) is 1. The molecule has 1 aromatic carbocycles. The highest BCUT2D eigenvalue weighted by Crippen LogP contribution is 2.33. The maximum absolute atomic E-state index is 6.29. The van der Waals surface area contributed by atoms with Gasteiger partial charge in [0.15, 0.2) is 0 Å². The van der Waals surface area contributed by atoms with Crippen molar-refractivity contribution in [1.29, 1.82) is 0 Å². The lowest BCUT2D eigenvalue weighted by Gasteiger charge is -2.22. The fraction of sp³-hybridized carbons (Fsp3) is 0.375. The molecular weight excluding hydrogens is 325 g/mol. The first-order chi connectivity index (χ1) is 9.85. The molecule has 0 saturated carbocycles. The van der Waals surface area contributed by atoms with E-state index in [-0.39, 0.29) is 5.54 Å². The minimum Gasteiger partial charge on any atom is -0.487 e. The van der Waals surface area contributed by atoms with Gasteiger partial charge in [-0.05, 0) is 55.3 Å². The molecule has 0 atom stereocenters. The third-order valence-corrected chi connectivity index (χ3v) is 4.09. The van der Waals surface area contributed by atoms with Gasteiger partial charge in [-0.1, -0.05) is 23.2 Å². The van der Waals surface area contributed by atoms with Gasteiger partial charge in [0.1, 0.15) is 12.4 Å². The van der Waals surface area contributed by atoms with Gasteiger partial charge in [-0.25, -0.2) is 0 Å². The largest absolute Gasteiger partial charge is 0.487 e. The van der Waals surface area contributed by atoms with Crippen molar-refractivity contribution in [3.63, 3.8) is 0 Å². The molecule has 5 heteroatoms. The number of hydrogen-bond acceptors (Lipinski definition) is 3. The second-order valence-corrected chi connectivity index (χ2v) is 7.52. The summed E-state index contributed by atoms with van der Waals surface area (Å²) >= 11 is 14.0. The predicted molar refractivity (Wildman–Crippen MR) is 91.7 cm³/mol. The average Bonchev–Trinajstić information content (AvgIpc) is 2.87. The number of halogens is 2. The average molecular weight is 344 g/mol. The van der Waals surface area contributed by atoms with Crippen molar-refractivity contribution < 1.29 is 4.74 Å². The van der Waals surface area contributed by atoms with Crippen molar-refractivity contribution in [3.8, 4) is 5.75 Å². The van der Waals surface area contributed by atoms with Crippen molar-refractivity contribution in [2.75, 3.05) is 0 Å². The molecule has 0 bridgehead atoms. The molecule has 21 heavy (non-hydrogen) atoms. The summed E-state index contributed by atoms with van der Waals surface area (Å²) < 4.78 is 5.91. The Kier molecular flexibility index (Phi) is 5.55. The van der Waals surface area contributed by atoms with Crippen LogP contribution in [0.2, 0.25) is 10.0 Å². The molecule has 0 unspecified atom stereocenters. The molecule has 0 aliphatic rings. The first-order valence-corrected chi connectivity index (χ1v) is 8.42. The van der Waals surface area contributed by atoms with Crippen molar-refractivity contribution in [3.05, 3.63) is 50.1 Å². The van der Waals surface area contributed by atoms with Crippen LogP contribution < -0.4 is 10.1 Å². The Bertz CT molecular complexity index is 591. The van der Waals surface area contributed by atoms with E-state index in [1.54, 1.807) is 17.4 Å². The molecular formula is C16H19Cl2NOS. The number of ether oxygens (including phenoxy) is 1. The summed E-state index contributed by atoms with van der Waals surface area (Å²) in [6.45, 7) is 7.51. The predicted octanol–water partition coefficient (Wildman–Crippen LogP) is 5.52. The molecule has 0 radical (unpaired) electrons. The van der Waals surface area contributed by atoms with Crippen molar-refractivity contribution in [1.82, 2.24) is 5.32 Å². The van der Waals surface area contributed by atoms with Crippen molar-refractivity contribution in [2.24, 2.45) is 0 Å². The fourth-order valence-corrected chi connectivity index (χ4v) is 3.04. The second kappa shape index (κ2) is 7.01. The van der Waals surface area contributed by atoms with Gasteiger partial charge in [-0.3, -0.25) is 0 Å². The highest BCUT2D eigenvalue weighted by atomic mass is 35.5. The van der Waals surface area contributed by atoms with Gasteiger partial charge in [0, 0.05) is 22.7 Å². The Balaban J connectivity index is 2.17. The third-order valence-electron chi connectivity index (χ3n) is 2.86. The molecule has 1 N–H and O–H groups in total. The molecule has 2 aromatic rings. The number of benzene rings is 1. The van der Waals surface area contributed by atoms with Crippen LogP contribution in [0.3, 0.4) is 0 Å². The van der Waals surface area contributed by atoms with Gasteiger partial charge in [-0.15, -0.1) is 0 Å². The lowest BCUT2D eigenvalue weighted by molar-refractivity contribution is 0.301. The van der Waals surface area contributed by atoms with Crippen LogP contribution in [-0.2, 0) is 13.2 Å². The van der Waals surface area contributed by atoms with Crippen LogP contribution >= 0.6 is 34.5 Å². The molecule has 0 fully saturated rings. The van der Waals surface area contributed by atoms with Gasteiger partial charge in [-0.2, -0.15) is 11.3 Å². The van der Waals surface area contributed by atoms with E-state index in [0.717, 1.165) is 11.1 Å². The molecule has 1 heterocycles. The number of thiophene rings is 1. The monoisotopic (exact) mass is 343 g/mol. The summed E-state index contributed by atoms with van der Waals surface area (Å²) in [5.41, 5.74) is 2.12. The molecule has 114 valence electrons. The smallest absolute Gasteiger partial charge is 0.142 e. The molecule has 2 nitrogen and oxygen atoms in total. The Hall–Kier alpha value is -0.740. The zero-order valence-electron chi connectivity index (χ0n) is 12.4. The topological polar surface area (TPSA) is 21.3 Å². The van der Waals surface area contributed by atoms with E-state index in [4.69, 9.17) is 27.9 Å². The normalized spacial score (nSPS) is 11.7. The fourth-order valence-electron chi connectivity index (χ4n) is 1.80. The summed E-state index contributed by atoms with van der Waals surface area (Å²) in [6.07, 6.45) is 0. The molecule has 0 aliphatic heterocycles. The van der Waals surface area contributed by atoms with Crippen LogP contribution in [0, 0.1) is 0 Å². The Morgan fingerprint density at radius 2 is 2.00 bits per heavy atom. The van der Waals surface area contributed by atoms with Crippen LogP contribution in [0.5, 0.6) is 5.75 Å². The Morgan fingerprint density at radius 3 is 2.62 bits per heavy atom. The summed E-state index contributed by atoms with van der Waals surface area (Å²) in [7, 11) is 0. The Morgan fingerprint density at radius 1 is 1.24 bits per heavy atom. The van der Waals surface area contributed by atoms with Gasteiger partial charge in [0.05, 0.1) is 5.02 Å². The highest BCUT2D eigenvalue weighted by Gasteiger charge is 2.14. The van der Waals surface area contributed by atoms with Crippen LogP contribution in [-0.4, -0.2) is 5.54 Å². The molecule has 0 spiro atoms. The van der Waals surface area contributed by atoms with Crippen molar-refractivity contribution >= 4 is 34.5 Å². The van der Waals surface area contributed by atoms with Crippen molar-refractivity contribution in [2.45, 2.75) is 39.5 Å². The van der Waals surface area contributed by atoms with Gasteiger partial charge < -0.3 is 10.1 Å². The zero-order valence-corrected chi connectivity index (χ0v) is 14.7. The quantitative estimate of drug-likeness (QED) is 0.771. The summed E-state index contributed by atoms with van der Waals surface area (Å²) in [5.74, 6) is 0.698. The molecule has 0 aliphatic carbocycles. The summed E-state index contributed by atoms with van der Waals surface area (Å²) in [5, 5.41) is 8.69. The maximum Gasteiger partial charge on any atom is 0.142 e. The van der Waals surface area contributed by atoms with E-state index in [0.29, 0.717) is 28.9 Å². The minimum absolute atomic E-state index is 0.0133. The lowest BCUT2D eigenvalue weighted by atomic mass is 10.1. The van der Waals surface area contributed by atoms with Crippen LogP contribution in [0.1, 0.15) is 31.9 Å². The van der Waals surface area contributed by atoms with Crippen LogP contribution in [0.4, 0.5) is 0 Å².